The average Bonchev–Trinajstić information content (AvgIpc) is 2.36. The fraction of sp³-hybridized carbons (Fsp3) is 0.583. The van der Waals surface area contributed by atoms with Gasteiger partial charge in [0.1, 0.15) is 0 Å². The molecule has 102 valence electrons. The highest BCUT2D eigenvalue weighted by molar-refractivity contribution is 7.91. The van der Waals surface area contributed by atoms with Crippen LogP contribution in [0.1, 0.15) is 19.4 Å². The van der Waals surface area contributed by atoms with Gasteiger partial charge >= 0.3 is 0 Å². The Morgan fingerprint density at radius 3 is 2.67 bits per heavy atom. The maximum absolute atomic E-state index is 11.4. The SMILES string of the molecule is CCS(=O)(=O)CC(C)NCc1ccc(OC)nc1. The molecule has 0 spiro atoms. The van der Waals surface area contributed by atoms with Gasteiger partial charge in [0.25, 0.3) is 0 Å². The first-order valence-corrected chi connectivity index (χ1v) is 7.71. The zero-order chi connectivity index (χ0) is 13.6. The number of rotatable bonds is 7. The Labute approximate surface area is 108 Å². The van der Waals surface area contributed by atoms with E-state index in [9.17, 15) is 8.42 Å². The molecule has 0 saturated carbocycles. The van der Waals surface area contributed by atoms with E-state index in [-0.39, 0.29) is 17.5 Å². The van der Waals surface area contributed by atoms with Gasteiger partial charge < -0.3 is 10.1 Å². The predicted octanol–water partition coefficient (Wildman–Crippen LogP) is 1.00. The van der Waals surface area contributed by atoms with E-state index in [1.807, 2.05) is 13.0 Å². The molecule has 0 aliphatic carbocycles. The highest BCUT2D eigenvalue weighted by Crippen LogP contribution is 2.06. The van der Waals surface area contributed by atoms with Gasteiger partial charge in [-0.15, -0.1) is 0 Å². The van der Waals surface area contributed by atoms with Crippen LogP contribution in [-0.2, 0) is 16.4 Å². The number of pyridine rings is 1. The monoisotopic (exact) mass is 272 g/mol. The van der Waals surface area contributed by atoms with Crippen LogP contribution in [0.2, 0.25) is 0 Å². The lowest BCUT2D eigenvalue weighted by atomic mass is 10.2. The Morgan fingerprint density at radius 1 is 1.44 bits per heavy atom. The molecule has 1 heterocycles. The van der Waals surface area contributed by atoms with Crippen LogP contribution in [0.3, 0.4) is 0 Å². The molecule has 1 unspecified atom stereocenters. The van der Waals surface area contributed by atoms with Crippen LogP contribution in [0, 0.1) is 0 Å². The normalized spacial score (nSPS) is 13.3. The van der Waals surface area contributed by atoms with Crippen molar-refractivity contribution in [2.45, 2.75) is 26.4 Å². The van der Waals surface area contributed by atoms with E-state index in [1.165, 1.54) is 0 Å². The number of ether oxygens (including phenoxy) is 1. The molecular formula is C12H20N2O3S. The summed E-state index contributed by atoms with van der Waals surface area (Å²) in [7, 11) is -1.36. The van der Waals surface area contributed by atoms with Crippen LogP contribution in [0.4, 0.5) is 0 Å². The molecule has 0 radical (unpaired) electrons. The van der Waals surface area contributed by atoms with Gasteiger partial charge in [-0.1, -0.05) is 13.0 Å². The number of hydrogen-bond donors (Lipinski definition) is 1. The molecule has 0 saturated heterocycles. The highest BCUT2D eigenvalue weighted by atomic mass is 32.2. The van der Waals surface area contributed by atoms with Crippen molar-refractivity contribution in [1.82, 2.24) is 10.3 Å². The molecule has 5 nitrogen and oxygen atoms in total. The molecule has 0 bridgehead atoms. The summed E-state index contributed by atoms with van der Waals surface area (Å²) in [6, 6.07) is 3.61. The maximum Gasteiger partial charge on any atom is 0.212 e. The van der Waals surface area contributed by atoms with Crippen molar-refractivity contribution >= 4 is 9.84 Å². The first-order chi connectivity index (χ1) is 8.46. The van der Waals surface area contributed by atoms with Crippen LogP contribution in [-0.4, -0.2) is 38.1 Å². The Morgan fingerprint density at radius 2 is 2.17 bits per heavy atom. The zero-order valence-electron chi connectivity index (χ0n) is 11.0. The third-order valence-corrected chi connectivity index (χ3v) is 4.49. The van der Waals surface area contributed by atoms with E-state index in [1.54, 1.807) is 26.3 Å². The molecule has 1 atom stereocenters. The lowest BCUT2D eigenvalue weighted by Gasteiger charge is -2.13. The first kappa shape index (κ1) is 14.9. The first-order valence-electron chi connectivity index (χ1n) is 5.89. The van der Waals surface area contributed by atoms with Crippen LogP contribution < -0.4 is 10.1 Å². The molecule has 1 aromatic heterocycles. The molecule has 1 aromatic rings. The van der Waals surface area contributed by atoms with E-state index in [4.69, 9.17) is 4.74 Å². The predicted molar refractivity (Wildman–Crippen MR) is 71.4 cm³/mol. The molecule has 0 aliphatic heterocycles. The van der Waals surface area contributed by atoms with Gasteiger partial charge in [-0.25, -0.2) is 13.4 Å². The van der Waals surface area contributed by atoms with Crippen LogP contribution in [0.15, 0.2) is 18.3 Å². The van der Waals surface area contributed by atoms with E-state index in [0.717, 1.165) is 5.56 Å². The summed E-state index contributed by atoms with van der Waals surface area (Å²) in [5.74, 6) is 0.913. The summed E-state index contributed by atoms with van der Waals surface area (Å²) >= 11 is 0. The number of methoxy groups -OCH3 is 1. The number of aromatic nitrogens is 1. The Balaban J connectivity index is 2.44. The van der Waals surface area contributed by atoms with Gasteiger partial charge in [0.05, 0.1) is 12.9 Å². The van der Waals surface area contributed by atoms with Gasteiger partial charge in [0.15, 0.2) is 9.84 Å². The van der Waals surface area contributed by atoms with Crippen LogP contribution in [0.5, 0.6) is 5.88 Å². The van der Waals surface area contributed by atoms with Gasteiger partial charge in [-0.2, -0.15) is 0 Å². The van der Waals surface area contributed by atoms with Gasteiger partial charge in [-0.3, -0.25) is 0 Å². The number of nitrogens with zero attached hydrogens (tertiary/aromatic N) is 1. The number of nitrogens with one attached hydrogen (secondary N) is 1. The summed E-state index contributed by atoms with van der Waals surface area (Å²) in [5, 5.41) is 3.17. The van der Waals surface area contributed by atoms with Crippen molar-refractivity contribution in [1.29, 1.82) is 0 Å². The lowest BCUT2D eigenvalue weighted by molar-refractivity contribution is 0.397. The topological polar surface area (TPSA) is 68.3 Å². The van der Waals surface area contributed by atoms with Crippen molar-refractivity contribution in [3.63, 3.8) is 0 Å². The van der Waals surface area contributed by atoms with Gasteiger partial charge in [0, 0.05) is 30.6 Å². The van der Waals surface area contributed by atoms with Crippen LogP contribution in [0.25, 0.3) is 0 Å². The summed E-state index contributed by atoms with van der Waals surface area (Å²) in [5.41, 5.74) is 0.997. The zero-order valence-corrected chi connectivity index (χ0v) is 11.8. The largest absolute Gasteiger partial charge is 0.481 e. The second-order valence-electron chi connectivity index (χ2n) is 4.19. The minimum atomic E-state index is -2.93. The van der Waals surface area contributed by atoms with Crippen molar-refractivity contribution in [3.05, 3.63) is 23.9 Å². The number of hydrogen-bond acceptors (Lipinski definition) is 5. The maximum atomic E-state index is 11.4. The molecule has 6 heteroatoms. The van der Waals surface area contributed by atoms with Crippen molar-refractivity contribution < 1.29 is 13.2 Å². The smallest absolute Gasteiger partial charge is 0.212 e. The van der Waals surface area contributed by atoms with E-state index >= 15 is 0 Å². The van der Waals surface area contributed by atoms with Gasteiger partial charge in [0.2, 0.25) is 5.88 Å². The minimum absolute atomic E-state index is 0.0722. The number of sulfone groups is 1. The summed E-state index contributed by atoms with van der Waals surface area (Å²) in [6.45, 7) is 4.12. The summed E-state index contributed by atoms with van der Waals surface area (Å²) < 4.78 is 27.8. The molecule has 1 N–H and O–H groups in total. The molecule has 0 amide bonds. The average molecular weight is 272 g/mol. The molecule has 18 heavy (non-hydrogen) atoms. The van der Waals surface area contributed by atoms with E-state index < -0.39 is 9.84 Å². The lowest BCUT2D eigenvalue weighted by Crippen LogP contribution is -2.33. The summed E-state index contributed by atoms with van der Waals surface area (Å²) in [6.07, 6.45) is 1.72. The Bertz CT molecular complexity index is 457. The van der Waals surface area contributed by atoms with E-state index in [0.29, 0.717) is 12.4 Å². The van der Waals surface area contributed by atoms with Crippen molar-refractivity contribution in [2.24, 2.45) is 0 Å². The fourth-order valence-corrected chi connectivity index (χ4v) is 2.60. The molecule has 0 aromatic carbocycles. The summed E-state index contributed by atoms with van der Waals surface area (Å²) in [4.78, 5) is 4.09. The highest BCUT2D eigenvalue weighted by Gasteiger charge is 2.12. The second kappa shape index (κ2) is 6.70. The fourth-order valence-electron chi connectivity index (χ4n) is 1.49. The van der Waals surface area contributed by atoms with Gasteiger partial charge in [-0.05, 0) is 12.5 Å². The molecule has 0 aliphatic rings. The van der Waals surface area contributed by atoms with E-state index in [2.05, 4.69) is 10.3 Å². The second-order valence-corrected chi connectivity index (χ2v) is 6.59. The van der Waals surface area contributed by atoms with Crippen molar-refractivity contribution in [2.75, 3.05) is 18.6 Å². The molecule has 0 fully saturated rings. The standard InChI is InChI=1S/C12H20N2O3S/c1-4-18(15,16)9-10(2)13-7-11-5-6-12(17-3)14-8-11/h5-6,8,10,13H,4,7,9H2,1-3H3. The Kier molecular flexibility index (Phi) is 5.55. The minimum Gasteiger partial charge on any atom is -0.481 e. The molecular weight excluding hydrogens is 252 g/mol. The third kappa shape index (κ3) is 5.01. The Hall–Kier alpha value is -1.14. The third-order valence-electron chi connectivity index (χ3n) is 2.61. The van der Waals surface area contributed by atoms with Crippen molar-refractivity contribution in [3.8, 4) is 5.88 Å². The van der Waals surface area contributed by atoms with Crippen LogP contribution >= 0.6 is 0 Å². The molecule has 1 rings (SSSR count). The quantitative estimate of drug-likeness (QED) is 0.802.